The molecule has 2 aromatic heterocycles. The molecule has 2 unspecified atom stereocenters. The molecule has 0 fully saturated rings. The summed E-state index contributed by atoms with van der Waals surface area (Å²) in [5, 5.41) is 0.652. The van der Waals surface area contributed by atoms with Gasteiger partial charge in [-0.2, -0.15) is 0 Å². The number of halogens is 1. The number of nitrogen functional groups attached to an aromatic ring is 1. The van der Waals surface area contributed by atoms with Crippen molar-refractivity contribution in [1.82, 2.24) is 14.6 Å². The van der Waals surface area contributed by atoms with Crippen LogP contribution in [-0.4, -0.2) is 20.8 Å². The zero-order valence-electron chi connectivity index (χ0n) is 16.0. The number of anilines is 1. The highest BCUT2D eigenvalue weighted by molar-refractivity contribution is 7.16. The number of hydrogen-bond acceptors (Lipinski definition) is 4. The van der Waals surface area contributed by atoms with Gasteiger partial charge in [0.25, 0.3) is 0 Å². The molecule has 146 valence electrons. The second-order valence-corrected chi connectivity index (χ2v) is 8.34. The average molecular weight is 414 g/mol. The maximum absolute atomic E-state index is 6.35. The van der Waals surface area contributed by atoms with Gasteiger partial charge in [-0.25, -0.2) is 9.66 Å². The third-order valence-corrected chi connectivity index (χ3v) is 6.28. The Kier molecular flexibility index (Phi) is 5.07. The number of nitrogens with zero attached hydrogens (tertiary/aromatic N) is 4. The van der Waals surface area contributed by atoms with Gasteiger partial charge in [0.2, 0.25) is 0 Å². The SMILES string of the molecule is C=C1N(Cc2nc3cc(Cl)ccc3n2N)c2cnccc2C1(CCC)CCP. The minimum atomic E-state index is -0.0659. The molecule has 0 saturated carbocycles. The molecule has 3 aromatic rings. The Balaban J connectivity index is 1.78. The summed E-state index contributed by atoms with van der Waals surface area (Å²) in [6, 6.07) is 7.71. The first-order valence-corrected chi connectivity index (χ1v) is 10.7. The second-order valence-electron chi connectivity index (χ2n) is 7.33. The minimum absolute atomic E-state index is 0.0659. The van der Waals surface area contributed by atoms with E-state index in [0.29, 0.717) is 11.6 Å². The molecule has 1 aliphatic rings. The smallest absolute Gasteiger partial charge is 0.148 e. The first-order chi connectivity index (χ1) is 13.5. The topological polar surface area (TPSA) is 60.0 Å². The van der Waals surface area contributed by atoms with Crippen LogP contribution in [0.3, 0.4) is 0 Å². The molecule has 28 heavy (non-hydrogen) atoms. The van der Waals surface area contributed by atoms with E-state index in [1.54, 1.807) is 4.68 Å². The summed E-state index contributed by atoms with van der Waals surface area (Å²) in [7, 11) is 2.86. The van der Waals surface area contributed by atoms with E-state index >= 15 is 0 Å². The summed E-state index contributed by atoms with van der Waals surface area (Å²) < 4.78 is 1.64. The van der Waals surface area contributed by atoms with Gasteiger partial charge in [0, 0.05) is 22.3 Å². The molecule has 2 N–H and O–H groups in total. The molecule has 0 radical (unpaired) electrons. The Morgan fingerprint density at radius 2 is 2.11 bits per heavy atom. The molecule has 0 aliphatic carbocycles. The van der Waals surface area contributed by atoms with Crippen molar-refractivity contribution in [3.63, 3.8) is 0 Å². The van der Waals surface area contributed by atoms with Crippen molar-refractivity contribution in [2.45, 2.75) is 38.1 Å². The van der Waals surface area contributed by atoms with Gasteiger partial charge in [0.05, 0.1) is 29.5 Å². The number of aromatic nitrogens is 3. The molecular weight excluding hydrogens is 389 g/mol. The van der Waals surface area contributed by atoms with E-state index < -0.39 is 0 Å². The molecule has 0 amide bonds. The highest BCUT2D eigenvalue weighted by Crippen LogP contribution is 2.52. The molecule has 3 heterocycles. The van der Waals surface area contributed by atoms with Crippen LogP contribution in [0.2, 0.25) is 5.02 Å². The molecule has 5 nitrogen and oxygen atoms in total. The van der Waals surface area contributed by atoms with Crippen molar-refractivity contribution < 1.29 is 0 Å². The summed E-state index contributed by atoms with van der Waals surface area (Å²) >= 11 is 6.12. The van der Waals surface area contributed by atoms with Crippen LogP contribution in [0.5, 0.6) is 0 Å². The van der Waals surface area contributed by atoms with Gasteiger partial charge in [-0.15, -0.1) is 9.24 Å². The van der Waals surface area contributed by atoms with Crippen molar-refractivity contribution in [3.8, 4) is 0 Å². The van der Waals surface area contributed by atoms with Crippen LogP contribution >= 0.6 is 20.8 Å². The lowest BCUT2D eigenvalue weighted by Crippen LogP contribution is -2.32. The molecule has 0 saturated heterocycles. The molecule has 1 aromatic carbocycles. The number of imidazole rings is 1. The quantitative estimate of drug-likeness (QED) is 0.472. The number of benzene rings is 1. The maximum Gasteiger partial charge on any atom is 0.148 e. The van der Waals surface area contributed by atoms with Gasteiger partial charge in [-0.3, -0.25) is 4.98 Å². The Morgan fingerprint density at radius 3 is 2.86 bits per heavy atom. The molecule has 4 rings (SSSR count). The summed E-state index contributed by atoms with van der Waals surface area (Å²) in [4.78, 5) is 11.3. The Morgan fingerprint density at radius 1 is 1.29 bits per heavy atom. The van der Waals surface area contributed by atoms with E-state index in [0.717, 1.165) is 53.7 Å². The van der Waals surface area contributed by atoms with Crippen LogP contribution in [0, 0.1) is 0 Å². The number of nitrogens with two attached hydrogens (primary N) is 1. The molecule has 0 spiro atoms. The van der Waals surface area contributed by atoms with Crippen molar-refractivity contribution in [2.24, 2.45) is 0 Å². The van der Waals surface area contributed by atoms with Crippen molar-refractivity contribution in [2.75, 3.05) is 16.9 Å². The predicted octanol–water partition coefficient (Wildman–Crippen LogP) is 4.64. The van der Waals surface area contributed by atoms with Gasteiger partial charge >= 0.3 is 0 Å². The highest BCUT2D eigenvalue weighted by Gasteiger charge is 2.45. The van der Waals surface area contributed by atoms with Crippen LogP contribution in [0.15, 0.2) is 48.9 Å². The van der Waals surface area contributed by atoms with Gasteiger partial charge in [-0.05, 0) is 48.8 Å². The number of allylic oxidation sites excluding steroid dienone is 1. The second kappa shape index (κ2) is 7.38. The van der Waals surface area contributed by atoms with E-state index in [4.69, 9.17) is 22.4 Å². The highest BCUT2D eigenvalue weighted by atomic mass is 35.5. The van der Waals surface area contributed by atoms with E-state index in [1.807, 2.05) is 30.6 Å². The Labute approximate surface area is 172 Å². The standard InChI is InChI=1S/C21H25ClN5P/c1-3-7-21(8-10-28)14(2)26(19-12-24-9-6-16(19)21)13-20-25-17-11-15(22)4-5-18(17)27(20)23/h4-6,9,11-12H,2-3,7-8,10,13,23,28H2,1H3. The molecular formula is C21H25ClN5P. The monoisotopic (exact) mass is 413 g/mol. The third kappa shape index (κ3) is 2.89. The first kappa shape index (κ1) is 19.2. The van der Waals surface area contributed by atoms with Gasteiger partial charge < -0.3 is 10.7 Å². The lowest BCUT2D eigenvalue weighted by molar-refractivity contribution is 0.452. The van der Waals surface area contributed by atoms with E-state index in [9.17, 15) is 0 Å². The van der Waals surface area contributed by atoms with E-state index in [1.165, 1.54) is 5.56 Å². The van der Waals surface area contributed by atoms with Crippen LogP contribution in [0.4, 0.5) is 5.69 Å². The molecule has 2 atom stereocenters. The van der Waals surface area contributed by atoms with Crippen LogP contribution in [-0.2, 0) is 12.0 Å². The zero-order chi connectivity index (χ0) is 19.9. The Bertz CT molecular complexity index is 1040. The van der Waals surface area contributed by atoms with E-state index in [2.05, 4.69) is 38.7 Å². The van der Waals surface area contributed by atoms with Crippen molar-refractivity contribution in [3.05, 3.63) is 65.3 Å². The summed E-state index contributed by atoms with van der Waals surface area (Å²) in [6.45, 7) is 7.30. The minimum Gasteiger partial charge on any atom is -0.337 e. The fraction of sp³-hybridized carbons (Fsp3) is 0.333. The van der Waals surface area contributed by atoms with Crippen LogP contribution < -0.4 is 10.7 Å². The normalized spacial score (nSPS) is 18.8. The fourth-order valence-corrected chi connectivity index (χ4v) is 5.14. The maximum atomic E-state index is 6.35. The largest absolute Gasteiger partial charge is 0.337 e. The van der Waals surface area contributed by atoms with Gasteiger partial charge in [-0.1, -0.05) is 31.5 Å². The van der Waals surface area contributed by atoms with Crippen LogP contribution in [0.25, 0.3) is 11.0 Å². The summed E-state index contributed by atoms with van der Waals surface area (Å²) in [6.07, 6.45) is 8.01. The van der Waals surface area contributed by atoms with E-state index in [-0.39, 0.29) is 5.41 Å². The molecule has 0 bridgehead atoms. The average Bonchev–Trinajstić information content (AvgIpc) is 3.10. The lowest BCUT2D eigenvalue weighted by Gasteiger charge is -2.32. The Hall–Kier alpha value is -2.10. The predicted molar refractivity (Wildman–Crippen MR) is 120 cm³/mol. The third-order valence-electron chi connectivity index (χ3n) is 5.76. The lowest BCUT2D eigenvalue weighted by atomic mass is 9.74. The van der Waals surface area contributed by atoms with Crippen molar-refractivity contribution >= 4 is 37.6 Å². The zero-order valence-corrected chi connectivity index (χ0v) is 17.9. The van der Waals surface area contributed by atoms with Crippen molar-refractivity contribution in [1.29, 1.82) is 0 Å². The number of fused-ring (bicyclic) bond motifs is 2. The number of pyridine rings is 1. The summed E-state index contributed by atoms with van der Waals surface area (Å²) in [5.41, 5.74) is 5.10. The first-order valence-electron chi connectivity index (χ1n) is 9.55. The van der Waals surface area contributed by atoms with Gasteiger partial charge in [0.1, 0.15) is 5.82 Å². The molecule has 1 aliphatic heterocycles. The number of hydrogen-bond donors (Lipinski definition) is 1. The fourth-order valence-electron chi connectivity index (χ4n) is 4.48. The summed E-state index contributed by atoms with van der Waals surface area (Å²) in [5.74, 6) is 7.12. The van der Waals surface area contributed by atoms with Crippen LogP contribution in [0.1, 0.15) is 37.6 Å². The molecule has 7 heteroatoms. The van der Waals surface area contributed by atoms with Gasteiger partial charge in [0.15, 0.2) is 0 Å². The number of rotatable bonds is 6.